The number of hydrogen-bond acceptors (Lipinski definition) is 6. The van der Waals surface area contributed by atoms with Gasteiger partial charge in [-0.15, -0.1) is 0 Å². The van der Waals surface area contributed by atoms with Crippen LogP contribution >= 0.6 is 0 Å². The molecule has 3 aromatic rings. The van der Waals surface area contributed by atoms with Crippen LogP contribution in [0.1, 0.15) is 37.3 Å². The quantitative estimate of drug-likeness (QED) is 0.605. The molecule has 3 aromatic heterocycles. The van der Waals surface area contributed by atoms with Crippen LogP contribution in [0.5, 0.6) is 0 Å². The van der Waals surface area contributed by atoms with Gasteiger partial charge in [-0.3, -0.25) is 9.48 Å². The summed E-state index contributed by atoms with van der Waals surface area (Å²) in [7, 11) is 1.88. The zero-order valence-electron chi connectivity index (χ0n) is 16.0. The first-order chi connectivity index (χ1) is 13.6. The fourth-order valence-electron chi connectivity index (χ4n) is 3.97. The van der Waals surface area contributed by atoms with Gasteiger partial charge in [-0.2, -0.15) is 14.7 Å². The van der Waals surface area contributed by atoms with Crippen molar-refractivity contribution < 1.29 is 4.79 Å². The van der Waals surface area contributed by atoms with E-state index in [0.717, 1.165) is 48.2 Å². The molecule has 0 bridgehead atoms. The standard InChI is InChI=1S/C19H26N8O/c1-26-11-14(9-23-26)15-10-24-27-17(21)8-16(25-18(15)27)12-2-4-13(5-3-12)19(28)22-7-6-20/h8-13H,2-7,20-21H2,1H3,(H,22,28). The van der Waals surface area contributed by atoms with Gasteiger partial charge in [0, 0.05) is 61.1 Å². The van der Waals surface area contributed by atoms with E-state index in [4.69, 9.17) is 16.5 Å². The van der Waals surface area contributed by atoms with Gasteiger partial charge < -0.3 is 16.8 Å². The predicted molar refractivity (Wildman–Crippen MR) is 106 cm³/mol. The largest absolute Gasteiger partial charge is 0.384 e. The Balaban J connectivity index is 1.56. The highest BCUT2D eigenvalue weighted by atomic mass is 16.1. The summed E-state index contributed by atoms with van der Waals surface area (Å²) < 4.78 is 3.42. The molecule has 1 amide bonds. The fourth-order valence-corrected chi connectivity index (χ4v) is 3.97. The average molecular weight is 382 g/mol. The number of amides is 1. The molecule has 1 aliphatic rings. The zero-order valence-corrected chi connectivity index (χ0v) is 16.0. The van der Waals surface area contributed by atoms with Crippen LogP contribution in [0, 0.1) is 5.92 Å². The third-order valence-corrected chi connectivity index (χ3v) is 5.49. The van der Waals surface area contributed by atoms with Crippen LogP contribution < -0.4 is 16.8 Å². The molecule has 5 N–H and O–H groups in total. The number of carbonyl (C=O) groups excluding carboxylic acids is 1. The number of nitrogens with zero attached hydrogens (tertiary/aromatic N) is 5. The van der Waals surface area contributed by atoms with E-state index in [1.807, 2.05) is 19.3 Å². The number of nitrogens with one attached hydrogen (secondary N) is 1. The van der Waals surface area contributed by atoms with Crippen LogP contribution in [0.4, 0.5) is 5.82 Å². The number of nitrogen functional groups attached to an aromatic ring is 1. The van der Waals surface area contributed by atoms with Gasteiger partial charge in [-0.25, -0.2) is 4.98 Å². The van der Waals surface area contributed by atoms with E-state index in [2.05, 4.69) is 15.5 Å². The predicted octanol–water partition coefficient (Wildman–Crippen LogP) is 1.06. The molecule has 9 nitrogen and oxygen atoms in total. The highest BCUT2D eigenvalue weighted by Gasteiger charge is 2.28. The van der Waals surface area contributed by atoms with Crippen LogP contribution in [0.3, 0.4) is 0 Å². The minimum Gasteiger partial charge on any atom is -0.384 e. The summed E-state index contributed by atoms with van der Waals surface area (Å²) in [5.74, 6) is 1.03. The van der Waals surface area contributed by atoms with Gasteiger partial charge in [0.1, 0.15) is 5.82 Å². The molecule has 0 saturated heterocycles. The number of carbonyl (C=O) groups is 1. The molecular formula is C19H26N8O. The van der Waals surface area contributed by atoms with E-state index < -0.39 is 0 Å². The Hall–Kier alpha value is -2.94. The maximum atomic E-state index is 12.2. The molecule has 0 unspecified atom stereocenters. The Morgan fingerprint density at radius 1 is 1.25 bits per heavy atom. The maximum absolute atomic E-state index is 12.2. The normalized spacial score (nSPS) is 19.8. The summed E-state index contributed by atoms with van der Waals surface area (Å²) in [4.78, 5) is 17.1. The lowest BCUT2D eigenvalue weighted by Gasteiger charge is -2.27. The second-order valence-corrected chi connectivity index (χ2v) is 7.43. The second-order valence-electron chi connectivity index (χ2n) is 7.43. The van der Waals surface area contributed by atoms with Crippen LogP contribution in [-0.2, 0) is 11.8 Å². The molecule has 0 radical (unpaired) electrons. The van der Waals surface area contributed by atoms with Crippen molar-refractivity contribution in [1.82, 2.24) is 29.7 Å². The van der Waals surface area contributed by atoms with Crippen molar-refractivity contribution in [2.75, 3.05) is 18.8 Å². The fraction of sp³-hybridized carbons (Fsp3) is 0.474. The van der Waals surface area contributed by atoms with Gasteiger partial charge in [0.2, 0.25) is 5.91 Å². The van der Waals surface area contributed by atoms with Gasteiger partial charge in [-0.1, -0.05) is 0 Å². The van der Waals surface area contributed by atoms with E-state index in [1.165, 1.54) is 0 Å². The van der Waals surface area contributed by atoms with Crippen molar-refractivity contribution in [2.45, 2.75) is 31.6 Å². The summed E-state index contributed by atoms with van der Waals surface area (Å²) in [5, 5.41) is 11.5. The number of aryl methyl sites for hydroxylation is 1. The SMILES string of the molecule is Cn1cc(-c2cnn3c(N)cc(C4CCC(C(=O)NCCN)CC4)nc23)cn1. The Morgan fingerprint density at radius 3 is 2.71 bits per heavy atom. The van der Waals surface area contributed by atoms with Crippen molar-refractivity contribution in [1.29, 1.82) is 0 Å². The first-order valence-corrected chi connectivity index (χ1v) is 9.67. The molecule has 3 heterocycles. The molecule has 9 heteroatoms. The molecule has 148 valence electrons. The van der Waals surface area contributed by atoms with Gasteiger partial charge in [0.15, 0.2) is 5.65 Å². The lowest BCUT2D eigenvalue weighted by atomic mass is 9.80. The molecule has 0 atom stereocenters. The molecule has 1 aliphatic carbocycles. The average Bonchev–Trinajstić information content (AvgIpc) is 3.32. The molecule has 0 aromatic carbocycles. The van der Waals surface area contributed by atoms with Crippen LogP contribution in [0.15, 0.2) is 24.7 Å². The van der Waals surface area contributed by atoms with E-state index in [-0.39, 0.29) is 11.8 Å². The minimum absolute atomic E-state index is 0.0600. The maximum Gasteiger partial charge on any atom is 0.223 e. The van der Waals surface area contributed by atoms with Gasteiger partial charge in [-0.05, 0) is 25.7 Å². The lowest BCUT2D eigenvalue weighted by Crippen LogP contribution is -2.35. The smallest absolute Gasteiger partial charge is 0.223 e. The lowest BCUT2D eigenvalue weighted by molar-refractivity contribution is -0.125. The monoisotopic (exact) mass is 382 g/mol. The summed E-state index contributed by atoms with van der Waals surface area (Å²) in [6.07, 6.45) is 9.04. The third-order valence-electron chi connectivity index (χ3n) is 5.49. The molecule has 4 rings (SSSR count). The van der Waals surface area contributed by atoms with E-state index in [0.29, 0.717) is 24.8 Å². The van der Waals surface area contributed by atoms with Crippen LogP contribution in [-0.4, -0.2) is 43.4 Å². The second kappa shape index (κ2) is 7.59. The van der Waals surface area contributed by atoms with E-state index in [9.17, 15) is 4.79 Å². The molecule has 0 spiro atoms. The number of aromatic nitrogens is 5. The Kier molecular flexibility index (Phi) is 4.99. The molecular weight excluding hydrogens is 356 g/mol. The highest BCUT2D eigenvalue weighted by Crippen LogP contribution is 2.36. The van der Waals surface area contributed by atoms with E-state index in [1.54, 1.807) is 21.6 Å². The third kappa shape index (κ3) is 3.45. The highest BCUT2D eigenvalue weighted by molar-refractivity contribution is 5.79. The number of anilines is 1. The number of hydrogen-bond donors (Lipinski definition) is 3. The molecule has 28 heavy (non-hydrogen) atoms. The Morgan fingerprint density at radius 2 is 2.04 bits per heavy atom. The zero-order chi connectivity index (χ0) is 19.7. The van der Waals surface area contributed by atoms with Crippen LogP contribution in [0.2, 0.25) is 0 Å². The molecule has 1 fully saturated rings. The van der Waals surface area contributed by atoms with Gasteiger partial charge >= 0.3 is 0 Å². The van der Waals surface area contributed by atoms with Crippen molar-refractivity contribution >= 4 is 17.4 Å². The first-order valence-electron chi connectivity index (χ1n) is 9.67. The summed E-state index contributed by atoms with van der Waals surface area (Å²) in [6.45, 7) is 1.00. The van der Waals surface area contributed by atoms with Gasteiger partial charge in [0.25, 0.3) is 0 Å². The molecule has 0 aliphatic heterocycles. The van der Waals surface area contributed by atoms with Gasteiger partial charge in [0.05, 0.1) is 12.4 Å². The first kappa shape index (κ1) is 18.4. The number of nitrogens with two attached hydrogens (primary N) is 2. The number of fused-ring (bicyclic) bond motifs is 1. The minimum atomic E-state index is 0.0600. The van der Waals surface area contributed by atoms with E-state index >= 15 is 0 Å². The summed E-state index contributed by atoms with van der Waals surface area (Å²) in [6, 6.07) is 1.91. The Bertz CT molecular complexity index is 983. The topological polar surface area (TPSA) is 129 Å². The molecule has 1 saturated carbocycles. The van der Waals surface area contributed by atoms with Crippen molar-refractivity contribution in [3.8, 4) is 11.1 Å². The summed E-state index contributed by atoms with van der Waals surface area (Å²) in [5.41, 5.74) is 15.3. The van der Waals surface area contributed by atoms with Crippen molar-refractivity contribution in [3.05, 3.63) is 30.4 Å². The number of rotatable bonds is 5. The summed E-state index contributed by atoms with van der Waals surface area (Å²) >= 11 is 0. The Labute approximate surface area is 163 Å². The van der Waals surface area contributed by atoms with Crippen molar-refractivity contribution in [2.24, 2.45) is 18.7 Å². The van der Waals surface area contributed by atoms with Crippen molar-refractivity contribution in [3.63, 3.8) is 0 Å². The van der Waals surface area contributed by atoms with Crippen LogP contribution in [0.25, 0.3) is 16.8 Å².